The van der Waals surface area contributed by atoms with E-state index in [0.29, 0.717) is 17.8 Å². The lowest BCUT2D eigenvalue weighted by molar-refractivity contribution is -0.0498. The number of ether oxygens (including phenoxy) is 1. The maximum absolute atomic E-state index is 12.3. The van der Waals surface area contributed by atoms with Crippen molar-refractivity contribution in [3.8, 4) is 5.75 Å². The molecule has 1 aliphatic heterocycles. The topological polar surface area (TPSA) is 21.3 Å². The predicted octanol–water partition coefficient (Wildman–Crippen LogP) is 4.48. The van der Waals surface area contributed by atoms with Crippen molar-refractivity contribution in [1.82, 2.24) is 0 Å². The van der Waals surface area contributed by atoms with Crippen molar-refractivity contribution in [3.63, 3.8) is 0 Å². The van der Waals surface area contributed by atoms with Crippen LogP contribution in [0.15, 0.2) is 18.2 Å². The van der Waals surface area contributed by atoms with Crippen molar-refractivity contribution in [2.75, 3.05) is 11.9 Å². The number of fused-ring (bicyclic) bond motifs is 1. The van der Waals surface area contributed by atoms with Gasteiger partial charge in [-0.3, -0.25) is 0 Å². The summed E-state index contributed by atoms with van der Waals surface area (Å²) in [6.07, 6.45) is 1.13. The molecule has 1 aliphatic rings. The van der Waals surface area contributed by atoms with Crippen molar-refractivity contribution >= 4 is 5.69 Å². The zero-order valence-corrected chi connectivity index (χ0v) is 11.6. The molecule has 0 saturated heterocycles. The molecular weight excluding hydrogens is 248 g/mol. The van der Waals surface area contributed by atoms with Gasteiger partial charge in [-0.05, 0) is 42.0 Å². The van der Waals surface area contributed by atoms with Gasteiger partial charge in [-0.25, -0.2) is 0 Å². The Morgan fingerprint density at radius 1 is 1.32 bits per heavy atom. The Kier molecular flexibility index (Phi) is 4.27. The van der Waals surface area contributed by atoms with E-state index in [1.165, 1.54) is 0 Å². The molecule has 2 nitrogen and oxygen atoms in total. The summed E-state index contributed by atoms with van der Waals surface area (Å²) < 4.78 is 29.0. The molecular formula is C15H21F2NO. The molecule has 2 unspecified atom stereocenters. The van der Waals surface area contributed by atoms with E-state index in [0.717, 1.165) is 24.2 Å². The highest BCUT2D eigenvalue weighted by Crippen LogP contribution is 2.40. The molecule has 2 rings (SSSR count). The lowest BCUT2D eigenvalue weighted by atomic mass is 9.83. The van der Waals surface area contributed by atoms with E-state index in [1.54, 1.807) is 12.1 Å². The van der Waals surface area contributed by atoms with E-state index >= 15 is 0 Å². The summed E-state index contributed by atoms with van der Waals surface area (Å²) >= 11 is 0. The molecule has 19 heavy (non-hydrogen) atoms. The summed E-state index contributed by atoms with van der Waals surface area (Å²) in [6, 6.07) is 5.17. The van der Waals surface area contributed by atoms with Crippen molar-refractivity contribution in [3.05, 3.63) is 23.8 Å². The molecule has 0 radical (unpaired) electrons. The van der Waals surface area contributed by atoms with E-state index < -0.39 is 6.61 Å². The number of rotatable bonds is 5. The number of anilines is 1. The van der Waals surface area contributed by atoms with Gasteiger partial charge in [0.25, 0.3) is 0 Å². The fraction of sp³-hybridized carbons (Fsp3) is 0.600. The Hall–Kier alpha value is -1.32. The standard InChI is InChI=1S/C15H21F2NO/c1-9(2)6-10(3)13-8-18-14-5-4-11(7-12(13)14)19-15(16)17/h4-5,7,9-10,13,15,18H,6,8H2,1-3H3. The molecule has 1 N–H and O–H groups in total. The van der Waals surface area contributed by atoms with Gasteiger partial charge >= 0.3 is 6.61 Å². The van der Waals surface area contributed by atoms with Crippen LogP contribution in [0.25, 0.3) is 0 Å². The number of hydrogen-bond donors (Lipinski definition) is 1. The van der Waals surface area contributed by atoms with Gasteiger partial charge in [-0.1, -0.05) is 20.8 Å². The summed E-state index contributed by atoms with van der Waals surface area (Å²) in [5.41, 5.74) is 2.15. The minimum atomic E-state index is -2.76. The van der Waals surface area contributed by atoms with Crippen LogP contribution < -0.4 is 10.1 Å². The first-order valence-electron chi connectivity index (χ1n) is 6.80. The second-order valence-corrected chi connectivity index (χ2v) is 5.72. The number of nitrogens with one attached hydrogen (secondary N) is 1. The molecule has 4 heteroatoms. The maximum atomic E-state index is 12.3. The molecule has 1 aromatic carbocycles. The van der Waals surface area contributed by atoms with Crippen LogP contribution in [0.1, 0.15) is 38.7 Å². The lowest BCUT2D eigenvalue weighted by Crippen LogP contribution is -2.14. The SMILES string of the molecule is CC(C)CC(C)C1CNc2ccc(OC(F)F)cc21. The minimum absolute atomic E-state index is 0.249. The zero-order chi connectivity index (χ0) is 14.0. The van der Waals surface area contributed by atoms with Crippen LogP contribution >= 0.6 is 0 Å². The van der Waals surface area contributed by atoms with Gasteiger partial charge in [0.1, 0.15) is 5.75 Å². The van der Waals surface area contributed by atoms with Crippen molar-refractivity contribution in [2.45, 2.75) is 39.7 Å². The third-order valence-corrected chi connectivity index (χ3v) is 3.69. The van der Waals surface area contributed by atoms with Gasteiger partial charge in [0.2, 0.25) is 0 Å². The van der Waals surface area contributed by atoms with E-state index in [-0.39, 0.29) is 5.75 Å². The van der Waals surface area contributed by atoms with E-state index in [1.807, 2.05) is 6.07 Å². The van der Waals surface area contributed by atoms with Gasteiger partial charge in [0.15, 0.2) is 0 Å². The minimum Gasteiger partial charge on any atom is -0.435 e. The van der Waals surface area contributed by atoms with Gasteiger partial charge in [0.05, 0.1) is 0 Å². The number of halogens is 2. The Morgan fingerprint density at radius 3 is 2.68 bits per heavy atom. The quantitative estimate of drug-likeness (QED) is 0.851. The first-order chi connectivity index (χ1) is 8.97. The van der Waals surface area contributed by atoms with Crippen LogP contribution in [0.3, 0.4) is 0 Å². The van der Waals surface area contributed by atoms with Crippen molar-refractivity contribution in [2.24, 2.45) is 11.8 Å². The summed E-state index contributed by atoms with van der Waals surface area (Å²) in [5.74, 6) is 1.79. The second-order valence-electron chi connectivity index (χ2n) is 5.72. The first kappa shape index (κ1) is 14.1. The van der Waals surface area contributed by atoms with Crippen molar-refractivity contribution < 1.29 is 13.5 Å². The number of benzene rings is 1. The molecule has 0 bridgehead atoms. The summed E-state index contributed by atoms with van der Waals surface area (Å²) in [6.45, 7) is 4.74. The third kappa shape index (κ3) is 3.37. The molecule has 2 atom stereocenters. The maximum Gasteiger partial charge on any atom is 0.387 e. The molecule has 1 heterocycles. The van der Waals surface area contributed by atoms with Crippen LogP contribution in [-0.2, 0) is 0 Å². The zero-order valence-electron chi connectivity index (χ0n) is 11.6. The molecule has 0 spiro atoms. The van der Waals surface area contributed by atoms with Gasteiger partial charge in [-0.2, -0.15) is 8.78 Å². The fourth-order valence-electron chi connectivity index (χ4n) is 2.93. The normalized spacial score (nSPS) is 19.4. The Labute approximate surface area is 113 Å². The van der Waals surface area contributed by atoms with E-state index in [4.69, 9.17) is 0 Å². The molecule has 0 saturated carbocycles. The van der Waals surface area contributed by atoms with Gasteiger partial charge < -0.3 is 10.1 Å². The average Bonchev–Trinajstić information content (AvgIpc) is 2.70. The first-order valence-corrected chi connectivity index (χ1v) is 6.80. The number of hydrogen-bond acceptors (Lipinski definition) is 2. The summed E-state index contributed by atoms with van der Waals surface area (Å²) in [5, 5.41) is 3.34. The molecule has 0 aliphatic carbocycles. The molecule has 1 aromatic rings. The van der Waals surface area contributed by atoms with Crippen LogP contribution in [-0.4, -0.2) is 13.2 Å². The van der Waals surface area contributed by atoms with Crippen LogP contribution in [0.5, 0.6) is 5.75 Å². The largest absolute Gasteiger partial charge is 0.435 e. The number of alkyl halides is 2. The second kappa shape index (κ2) is 5.76. The highest BCUT2D eigenvalue weighted by Gasteiger charge is 2.28. The Balaban J connectivity index is 2.17. The highest BCUT2D eigenvalue weighted by atomic mass is 19.3. The van der Waals surface area contributed by atoms with Crippen molar-refractivity contribution in [1.29, 1.82) is 0 Å². The van der Waals surface area contributed by atoms with Crippen LogP contribution in [0.4, 0.5) is 14.5 Å². The molecule has 106 valence electrons. The van der Waals surface area contributed by atoms with Crippen LogP contribution in [0, 0.1) is 11.8 Å². The van der Waals surface area contributed by atoms with E-state index in [9.17, 15) is 8.78 Å². The fourth-order valence-corrected chi connectivity index (χ4v) is 2.93. The lowest BCUT2D eigenvalue weighted by Gasteiger charge is -2.21. The Morgan fingerprint density at radius 2 is 2.05 bits per heavy atom. The average molecular weight is 269 g/mol. The summed E-state index contributed by atoms with van der Waals surface area (Å²) in [7, 11) is 0. The molecule has 0 aromatic heterocycles. The third-order valence-electron chi connectivity index (χ3n) is 3.69. The van der Waals surface area contributed by atoms with Gasteiger partial charge in [-0.15, -0.1) is 0 Å². The summed E-state index contributed by atoms with van der Waals surface area (Å²) in [4.78, 5) is 0. The highest BCUT2D eigenvalue weighted by molar-refractivity contribution is 5.60. The van der Waals surface area contributed by atoms with E-state index in [2.05, 4.69) is 30.8 Å². The monoisotopic (exact) mass is 269 g/mol. The molecule has 0 fully saturated rings. The predicted molar refractivity (Wildman–Crippen MR) is 72.9 cm³/mol. The smallest absolute Gasteiger partial charge is 0.387 e. The van der Waals surface area contributed by atoms with Crippen LogP contribution in [0.2, 0.25) is 0 Å². The van der Waals surface area contributed by atoms with Gasteiger partial charge in [0, 0.05) is 18.2 Å². The Bertz CT molecular complexity index is 434. The molecule has 0 amide bonds.